The summed E-state index contributed by atoms with van der Waals surface area (Å²) in [6, 6.07) is 2.65. The molecule has 2 heterocycles. The Balaban J connectivity index is 1.83. The van der Waals surface area contributed by atoms with Gasteiger partial charge in [-0.05, 0) is 59.6 Å². The van der Waals surface area contributed by atoms with E-state index in [1.54, 1.807) is 6.92 Å². The van der Waals surface area contributed by atoms with Gasteiger partial charge in [0.15, 0.2) is 0 Å². The van der Waals surface area contributed by atoms with Crippen LogP contribution in [0.3, 0.4) is 0 Å². The number of alkyl halides is 3. The van der Waals surface area contributed by atoms with Crippen LogP contribution in [0.2, 0.25) is 0 Å². The van der Waals surface area contributed by atoms with Crippen molar-refractivity contribution in [3.05, 3.63) is 41.5 Å². The zero-order chi connectivity index (χ0) is 21.6. The van der Waals surface area contributed by atoms with Crippen molar-refractivity contribution in [2.45, 2.75) is 70.8 Å². The number of aromatic nitrogens is 2. The molecule has 0 radical (unpaired) electrons. The average molecular weight is 410 g/mol. The van der Waals surface area contributed by atoms with Crippen molar-refractivity contribution >= 4 is 5.95 Å². The second kappa shape index (κ2) is 7.23. The smallest absolute Gasteiger partial charge is 0.351 e. The van der Waals surface area contributed by atoms with E-state index in [0.717, 1.165) is 25.0 Å². The Morgan fingerprint density at radius 3 is 2.21 bits per heavy atom. The third kappa shape index (κ3) is 5.04. The number of halogens is 4. The molecule has 0 unspecified atom stereocenters. The van der Waals surface area contributed by atoms with Crippen LogP contribution in [0.4, 0.5) is 23.5 Å². The lowest BCUT2D eigenvalue weighted by Gasteiger charge is -2.46. The predicted molar refractivity (Wildman–Crippen MR) is 105 cm³/mol. The van der Waals surface area contributed by atoms with Gasteiger partial charge in [-0.2, -0.15) is 13.2 Å². The Kier molecular flexibility index (Phi) is 5.36. The minimum absolute atomic E-state index is 0.0439. The summed E-state index contributed by atoms with van der Waals surface area (Å²) < 4.78 is 52.6. The molecular weight excluding hydrogens is 384 g/mol. The quantitative estimate of drug-likeness (QED) is 0.672. The van der Waals surface area contributed by atoms with E-state index in [-0.39, 0.29) is 22.7 Å². The predicted octanol–water partition coefficient (Wildman–Crippen LogP) is 5.33. The van der Waals surface area contributed by atoms with E-state index in [0.29, 0.717) is 23.3 Å². The molecule has 3 rings (SSSR count). The van der Waals surface area contributed by atoms with Gasteiger partial charge in [-0.1, -0.05) is 6.07 Å². The zero-order valence-corrected chi connectivity index (χ0v) is 17.2. The molecule has 0 aliphatic carbocycles. The topological polar surface area (TPSA) is 49.8 Å². The van der Waals surface area contributed by atoms with Crippen molar-refractivity contribution in [2.75, 3.05) is 5.32 Å². The lowest BCUT2D eigenvalue weighted by molar-refractivity contribution is -0.137. The fraction of sp³-hybridized carbons (Fsp3) is 0.524. The van der Waals surface area contributed by atoms with Gasteiger partial charge >= 0.3 is 6.18 Å². The van der Waals surface area contributed by atoms with Crippen LogP contribution in [-0.4, -0.2) is 27.1 Å². The Bertz CT molecular complexity index is 890. The van der Waals surface area contributed by atoms with E-state index in [9.17, 15) is 17.6 Å². The van der Waals surface area contributed by atoms with Crippen LogP contribution in [0.1, 0.15) is 51.8 Å². The molecule has 0 amide bonds. The molecule has 1 aliphatic rings. The normalized spacial score (nSPS) is 19.2. The number of rotatable bonds is 3. The summed E-state index contributed by atoms with van der Waals surface area (Å²) in [7, 11) is 0. The monoisotopic (exact) mass is 410 g/mol. The van der Waals surface area contributed by atoms with Crippen LogP contribution in [-0.2, 0) is 6.18 Å². The number of hydrogen-bond donors (Lipinski definition) is 2. The van der Waals surface area contributed by atoms with Gasteiger partial charge in [0.05, 0.1) is 11.3 Å². The molecular formula is C21H26F4N4. The van der Waals surface area contributed by atoms with Crippen molar-refractivity contribution in [3.8, 4) is 11.1 Å². The number of nitrogens with one attached hydrogen (secondary N) is 2. The van der Waals surface area contributed by atoms with Crippen LogP contribution in [0, 0.1) is 12.7 Å². The Hall–Kier alpha value is -2.22. The largest absolute Gasteiger partial charge is 0.416 e. The van der Waals surface area contributed by atoms with E-state index in [1.807, 2.05) is 0 Å². The van der Waals surface area contributed by atoms with E-state index < -0.39 is 17.6 Å². The molecule has 0 atom stereocenters. The molecule has 2 N–H and O–H groups in total. The summed E-state index contributed by atoms with van der Waals surface area (Å²) in [5.41, 5.74) is -0.200. The van der Waals surface area contributed by atoms with Gasteiger partial charge in [-0.3, -0.25) is 0 Å². The van der Waals surface area contributed by atoms with Crippen molar-refractivity contribution in [2.24, 2.45) is 0 Å². The highest BCUT2D eigenvalue weighted by molar-refractivity contribution is 5.66. The third-order valence-corrected chi connectivity index (χ3v) is 5.09. The van der Waals surface area contributed by atoms with Gasteiger partial charge in [0.25, 0.3) is 0 Å². The van der Waals surface area contributed by atoms with Crippen molar-refractivity contribution in [1.29, 1.82) is 0 Å². The second-order valence-corrected chi connectivity index (χ2v) is 9.03. The first-order valence-electron chi connectivity index (χ1n) is 9.52. The minimum atomic E-state index is -4.59. The highest BCUT2D eigenvalue weighted by Gasteiger charge is 2.38. The molecule has 1 aromatic carbocycles. The standard InChI is InChI=1S/C21H26F4N4/c1-12-16(15-7-6-13(8-17(15)22)21(23,24)25)11-26-18(27-12)28-14-9-19(2,3)29-20(4,5)10-14/h6-8,11,14,29H,9-10H2,1-5H3,(H,26,27,28). The van der Waals surface area contributed by atoms with Crippen molar-refractivity contribution < 1.29 is 17.6 Å². The SMILES string of the molecule is Cc1nc(NC2CC(C)(C)NC(C)(C)C2)ncc1-c1ccc(C(F)(F)F)cc1F. The van der Waals surface area contributed by atoms with Gasteiger partial charge in [-0.15, -0.1) is 0 Å². The molecule has 0 saturated carbocycles. The molecule has 29 heavy (non-hydrogen) atoms. The van der Waals surface area contributed by atoms with Crippen LogP contribution < -0.4 is 10.6 Å². The van der Waals surface area contributed by atoms with Crippen LogP contribution in [0.15, 0.2) is 24.4 Å². The van der Waals surface area contributed by atoms with Gasteiger partial charge < -0.3 is 10.6 Å². The third-order valence-electron chi connectivity index (χ3n) is 5.09. The maximum atomic E-state index is 14.3. The fourth-order valence-corrected chi connectivity index (χ4v) is 4.32. The molecule has 1 aromatic heterocycles. The number of nitrogens with zero attached hydrogens (tertiary/aromatic N) is 2. The molecule has 8 heteroatoms. The van der Waals surface area contributed by atoms with Gasteiger partial charge in [0, 0.05) is 34.4 Å². The maximum Gasteiger partial charge on any atom is 0.416 e. The summed E-state index contributed by atoms with van der Waals surface area (Å²) in [6.07, 6.45) is -1.37. The second-order valence-electron chi connectivity index (χ2n) is 9.03. The minimum Gasteiger partial charge on any atom is -0.351 e. The summed E-state index contributed by atoms with van der Waals surface area (Å²) in [5.74, 6) is -0.522. The molecule has 1 saturated heterocycles. The van der Waals surface area contributed by atoms with Crippen molar-refractivity contribution in [3.63, 3.8) is 0 Å². The lowest BCUT2D eigenvalue weighted by Crippen LogP contribution is -2.60. The molecule has 4 nitrogen and oxygen atoms in total. The number of hydrogen-bond acceptors (Lipinski definition) is 4. The first-order chi connectivity index (χ1) is 13.3. The summed E-state index contributed by atoms with van der Waals surface area (Å²) in [5, 5.41) is 6.96. The van der Waals surface area contributed by atoms with Gasteiger partial charge in [0.2, 0.25) is 5.95 Å². The summed E-state index contributed by atoms with van der Waals surface area (Å²) in [4.78, 5) is 8.71. The molecule has 2 aromatic rings. The maximum absolute atomic E-state index is 14.3. The number of piperidine rings is 1. The van der Waals surface area contributed by atoms with Crippen LogP contribution in [0.5, 0.6) is 0 Å². The lowest BCUT2D eigenvalue weighted by atomic mass is 9.80. The summed E-state index contributed by atoms with van der Waals surface area (Å²) >= 11 is 0. The molecule has 158 valence electrons. The highest BCUT2D eigenvalue weighted by atomic mass is 19.4. The van der Waals surface area contributed by atoms with E-state index >= 15 is 0 Å². The average Bonchev–Trinajstić information content (AvgIpc) is 2.51. The van der Waals surface area contributed by atoms with Crippen molar-refractivity contribution in [1.82, 2.24) is 15.3 Å². The molecule has 0 spiro atoms. The Morgan fingerprint density at radius 2 is 1.69 bits per heavy atom. The highest BCUT2D eigenvalue weighted by Crippen LogP contribution is 2.34. The Morgan fingerprint density at radius 1 is 1.07 bits per heavy atom. The van der Waals surface area contributed by atoms with E-state index in [2.05, 4.69) is 48.3 Å². The molecule has 1 fully saturated rings. The molecule has 1 aliphatic heterocycles. The van der Waals surface area contributed by atoms with Gasteiger partial charge in [0.1, 0.15) is 5.82 Å². The Labute approximate surface area is 168 Å². The summed E-state index contributed by atoms with van der Waals surface area (Å²) in [6.45, 7) is 10.3. The van der Waals surface area contributed by atoms with Crippen LogP contribution in [0.25, 0.3) is 11.1 Å². The number of aryl methyl sites for hydroxylation is 1. The van der Waals surface area contributed by atoms with Crippen LogP contribution >= 0.6 is 0 Å². The zero-order valence-electron chi connectivity index (χ0n) is 17.2. The van der Waals surface area contributed by atoms with E-state index in [1.165, 1.54) is 6.20 Å². The van der Waals surface area contributed by atoms with E-state index in [4.69, 9.17) is 0 Å². The first kappa shape index (κ1) is 21.5. The number of benzene rings is 1. The molecule has 0 bridgehead atoms. The fourth-order valence-electron chi connectivity index (χ4n) is 4.32. The van der Waals surface area contributed by atoms with Gasteiger partial charge in [-0.25, -0.2) is 14.4 Å². The first-order valence-corrected chi connectivity index (χ1v) is 9.52. The number of anilines is 1.